The van der Waals surface area contributed by atoms with Crippen LogP contribution in [0, 0.1) is 5.92 Å². The highest BCUT2D eigenvalue weighted by Crippen LogP contribution is 2.33. The van der Waals surface area contributed by atoms with E-state index in [4.69, 9.17) is 23.7 Å². The number of hydrogen-bond donors (Lipinski definition) is 0. The monoisotopic (exact) mass is 525 g/mol. The molecule has 0 aromatic carbocycles. The first kappa shape index (κ1) is 30.6. The average molecular weight is 526 g/mol. The minimum Gasteiger partial charge on any atom is -0.457 e. The highest BCUT2D eigenvalue weighted by molar-refractivity contribution is 5.94. The molecule has 4 atom stereocenters. The number of hydrogen-bond acceptors (Lipinski definition) is 9. The van der Waals surface area contributed by atoms with Crippen molar-refractivity contribution in [2.45, 2.75) is 123 Å². The molecule has 2 rings (SSSR count). The van der Waals surface area contributed by atoms with Crippen molar-refractivity contribution in [2.75, 3.05) is 6.61 Å². The molecule has 0 radical (unpaired) electrons. The Morgan fingerprint density at radius 1 is 0.973 bits per heavy atom. The molecule has 0 unspecified atom stereocenters. The van der Waals surface area contributed by atoms with Crippen molar-refractivity contribution in [3.8, 4) is 0 Å². The highest BCUT2D eigenvalue weighted by atomic mass is 16.6. The van der Waals surface area contributed by atoms with Gasteiger partial charge in [-0.25, -0.2) is 14.4 Å². The second-order valence-corrected chi connectivity index (χ2v) is 11.9. The number of cyclic esters (lactones) is 1. The van der Waals surface area contributed by atoms with Crippen LogP contribution in [0.3, 0.4) is 0 Å². The fourth-order valence-electron chi connectivity index (χ4n) is 3.76. The van der Waals surface area contributed by atoms with Crippen LogP contribution in [-0.4, -0.2) is 71.2 Å². The predicted molar refractivity (Wildman–Crippen MR) is 135 cm³/mol. The normalized spacial score (nSPS) is 25.0. The molecule has 1 saturated carbocycles. The molecule has 2 aliphatic rings. The van der Waals surface area contributed by atoms with Crippen LogP contribution in [0.1, 0.15) is 87.5 Å². The van der Waals surface area contributed by atoms with Crippen LogP contribution in [0.25, 0.3) is 0 Å². The highest BCUT2D eigenvalue weighted by Gasteiger charge is 2.45. The van der Waals surface area contributed by atoms with Gasteiger partial charge in [0, 0.05) is 0 Å². The lowest BCUT2D eigenvalue weighted by Gasteiger charge is -2.33. The molecular formula is C27H43NO9. The number of amides is 2. The van der Waals surface area contributed by atoms with Crippen molar-refractivity contribution >= 4 is 24.1 Å². The number of rotatable bonds is 6. The third kappa shape index (κ3) is 9.98. The van der Waals surface area contributed by atoms with Crippen molar-refractivity contribution in [1.82, 2.24) is 4.90 Å². The maximum Gasteiger partial charge on any atom is 0.420 e. The Bertz CT molecular complexity index is 838. The van der Waals surface area contributed by atoms with Crippen LogP contribution < -0.4 is 0 Å². The van der Waals surface area contributed by atoms with Gasteiger partial charge in [0.05, 0.1) is 18.6 Å². The lowest BCUT2D eigenvalue weighted by Crippen LogP contribution is -2.53. The fraction of sp³-hybridized carbons (Fsp3) is 0.778. The zero-order valence-electron chi connectivity index (χ0n) is 23.5. The molecule has 1 aliphatic heterocycles. The van der Waals surface area contributed by atoms with Gasteiger partial charge in [0.15, 0.2) is 6.10 Å². The number of imide groups is 1. The Balaban J connectivity index is 2.36. The summed E-state index contributed by atoms with van der Waals surface area (Å²) in [5.74, 6) is -1.33. The Labute approximate surface area is 220 Å². The summed E-state index contributed by atoms with van der Waals surface area (Å²) in [6.45, 7) is 17.5. The van der Waals surface area contributed by atoms with Crippen LogP contribution in [0.4, 0.5) is 9.59 Å². The predicted octanol–water partition coefficient (Wildman–Crippen LogP) is 4.93. The van der Waals surface area contributed by atoms with Gasteiger partial charge in [-0.2, -0.15) is 4.90 Å². The largest absolute Gasteiger partial charge is 0.457 e. The lowest BCUT2D eigenvalue weighted by molar-refractivity contribution is -0.181. The Hall–Kier alpha value is -2.62. The molecular weight excluding hydrogens is 482 g/mol. The molecule has 0 bridgehead atoms. The summed E-state index contributed by atoms with van der Waals surface area (Å²) < 4.78 is 28.3. The molecule has 10 nitrogen and oxygen atoms in total. The van der Waals surface area contributed by atoms with Gasteiger partial charge in [-0.3, -0.25) is 4.79 Å². The summed E-state index contributed by atoms with van der Waals surface area (Å²) in [5, 5.41) is 0. The minimum atomic E-state index is -1.30. The first-order chi connectivity index (χ1) is 17.0. The summed E-state index contributed by atoms with van der Waals surface area (Å²) in [7, 11) is 0. The van der Waals surface area contributed by atoms with Gasteiger partial charge in [0.2, 0.25) is 0 Å². The molecule has 0 N–H and O–H groups in total. The number of esters is 2. The number of nitrogens with zero attached hydrogens (tertiary/aromatic N) is 1. The van der Waals surface area contributed by atoms with Gasteiger partial charge >= 0.3 is 24.1 Å². The number of carbonyl (C=O) groups is 4. The second kappa shape index (κ2) is 12.3. The van der Waals surface area contributed by atoms with Crippen LogP contribution >= 0.6 is 0 Å². The standard InChI is InChI=1S/C27H43NO9/c1-16(2)15-33-20-12-10-11-19(23(30)34-17(3)21(20)35-22(29)18-13-14-18)28(24(31)36-26(4,5)6)25(32)37-27(7,8)9/h17-21H,1,10-15H2,2-9H3/t17-,19-,20-,21-/m0/s1. The van der Waals surface area contributed by atoms with Gasteiger partial charge in [-0.1, -0.05) is 12.2 Å². The Kier molecular flexibility index (Phi) is 10.2. The van der Waals surface area contributed by atoms with Gasteiger partial charge in [0.1, 0.15) is 23.3 Å². The van der Waals surface area contributed by atoms with E-state index < -0.39 is 53.7 Å². The van der Waals surface area contributed by atoms with Crippen molar-refractivity contribution in [2.24, 2.45) is 5.92 Å². The van der Waals surface area contributed by atoms with Crippen molar-refractivity contribution in [3.05, 3.63) is 12.2 Å². The van der Waals surface area contributed by atoms with Crippen LogP contribution in [0.5, 0.6) is 0 Å². The summed E-state index contributed by atoms with van der Waals surface area (Å²) in [6, 6.07) is -1.30. The van der Waals surface area contributed by atoms with E-state index in [1.165, 1.54) is 0 Å². The smallest absolute Gasteiger partial charge is 0.420 e. The van der Waals surface area contributed by atoms with Crippen LogP contribution in [-0.2, 0) is 33.3 Å². The van der Waals surface area contributed by atoms with Gasteiger partial charge in [-0.15, -0.1) is 0 Å². The van der Waals surface area contributed by atoms with E-state index in [0.717, 1.165) is 18.4 Å². The quantitative estimate of drug-likeness (QED) is 0.270. The first-order valence-electron chi connectivity index (χ1n) is 12.9. The van der Waals surface area contributed by atoms with Crippen LogP contribution in [0.15, 0.2) is 12.2 Å². The molecule has 1 saturated heterocycles. The van der Waals surface area contributed by atoms with Crippen molar-refractivity contribution in [3.63, 3.8) is 0 Å². The maximum absolute atomic E-state index is 13.4. The van der Waals surface area contributed by atoms with Crippen LogP contribution in [0.2, 0.25) is 0 Å². The van der Waals surface area contributed by atoms with Crippen molar-refractivity contribution in [1.29, 1.82) is 0 Å². The number of carbonyl (C=O) groups excluding carboxylic acids is 4. The summed E-state index contributed by atoms with van der Waals surface area (Å²) in [4.78, 5) is 52.8. The Morgan fingerprint density at radius 2 is 1.51 bits per heavy atom. The molecule has 37 heavy (non-hydrogen) atoms. The van der Waals surface area contributed by atoms with Gasteiger partial charge < -0.3 is 23.7 Å². The van der Waals surface area contributed by atoms with Gasteiger partial charge in [-0.05, 0) is 87.5 Å². The second-order valence-electron chi connectivity index (χ2n) is 11.9. The molecule has 0 aromatic rings. The fourth-order valence-corrected chi connectivity index (χ4v) is 3.76. The van der Waals surface area contributed by atoms with Crippen molar-refractivity contribution < 1.29 is 42.9 Å². The molecule has 0 spiro atoms. The molecule has 1 heterocycles. The van der Waals surface area contributed by atoms with E-state index >= 15 is 0 Å². The van der Waals surface area contributed by atoms with E-state index in [9.17, 15) is 19.2 Å². The van der Waals surface area contributed by atoms with E-state index in [2.05, 4.69) is 6.58 Å². The Morgan fingerprint density at radius 3 is 1.97 bits per heavy atom. The minimum absolute atomic E-state index is 0.0836. The van der Waals surface area contributed by atoms with E-state index in [-0.39, 0.29) is 24.9 Å². The molecule has 210 valence electrons. The summed E-state index contributed by atoms with van der Waals surface area (Å²) >= 11 is 0. The third-order valence-electron chi connectivity index (χ3n) is 5.57. The zero-order chi connectivity index (χ0) is 28.1. The molecule has 2 amide bonds. The molecule has 1 aliphatic carbocycles. The van der Waals surface area contributed by atoms with E-state index in [0.29, 0.717) is 17.7 Å². The SMILES string of the molecule is C=C(C)CO[C@H]1CCC[C@H](N(C(=O)OC(C)(C)C)C(=O)OC(C)(C)C)C(=O)O[C@@H](C)[C@@H]1OC(=O)C1CC1. The maximum atomic E-state index is 13.4. The van der Waals surface area contributed by atoms with Gasteiger partial charge in [0.25, 0.3) is 0 Å². The first-order valence-corrected chi connectivity index (χ1v) is 12.9. The number of ether oxygens (including phenoxy) is 5. The zero-order valence-corrected chi connectivity index (χ0v) is 23.5. The third-order valence-corrected chi connectivity index (χ3v) is 5.57. The molecule has 2 fully saturated rings. The topological polar surface area (TPSA) is 118 Å². The van der Waals surface area contributed by atoms with E-state index in [1.807, 2.05) is 6.92 Å². The summed E-state index contributed by atoms with van der Waals surface area (Å²) in [6.07, 6.45) is -1.98. The lowest BCUT2D eigenvalue weighted by atomic mass is 10.0. The average Bonchev–Trinajstić information content (AvgIpc) is 3.55. The summed E-state index contributed by atoms with van der Waals surface area (Å²) in [5.41, 5.74) is -1.05. The van der Waals surface area contributed by atoms with E-state index in [1.54, 1.807) is 48.5 Å². The molecule has 0 aromatic heterocycles. The molecule has 10 heteroatoms.